The van der Waals surface area contributed by atoms with Gasteiger partial charge in [-0.2, -0.15) is 0 Å². The van der Waals surface area contributed by atoms with E-state index in [0.717, 1.165) is 6.54 Å². The first-order chi connectivity index (χ1) is 14.5. The fourth-order valence-electron chi connectivity index (χ4n) is 2.87. The lowest BCUT2D eigenvalue weighted by molar-refractivity contribution is -0.137. The molecule has 30 heavy (non-hydrogen) atoms. The summed E-state index contributed by atoms with van der Waals surface area (Å²) in [6, 6.07) is 9.40. The van der Waals surface area contributed by atoms with Gasteiger partial charge in [-0.25, -0.2) is 0 Å². The Morgan fingerprint density at radius 3 is 2.77 bits per heavy atom. The summed E-state index contributed by atoms with van der Waals surface area (Å²) in [6.45, 7) is 1.17. The topological polar surface area (TPSA) is 145 Å². The van der Waals surface area contributed by atoms with Crippen LogP contribution in [-0.4, -0.2) is 53.5 Å². The molecule has 0 bridgehead atoms. The second-order valence-electron chi connectivity index (χ2n) is 6.55. The van der Waals surface area contributed by atoms with Gasteiger partial charge in [0.25, 0.3) is 5.91 Å². The third-order valence-electron chi connectivity index (χ3n) is 4.27. The monoisotopic (exact) mass is 410 g/mol. The van der Waals surface area contributed by atoms with Crippen LogP contribution in [0.15, 0.2) is 53.8 Å². The zero-order valence-electron chi connectivity index (χ0n) is 16.1. The fraction of sp³-hybridized carbons (Fsp3) is 0.250. The van der Waals surface area contributed by atoms with Crippen LogP contribution in [0.4, 0.5) is 5.69 Å². The smallest absolute Gasteiger partial charge is 0.305 e. The molecule has 1 aliphatic heterocycles. The summed E-state index contributed by atoms with van der Waals surface area (Å²) in [6.07, 6.45) is 2.76. The summed E-state index contributed by atoms with van der Waals surface area (Å²) in [4.78, 5) is 44.0. The van der Waals surface area contributed by atoms with Gasteiger partial charge < -0.3 is 26.4 Å². The van der Waals surface area contributed by atoms with Crippen LogP contribution in [0.25, 0.3) is 0 Å². The number of aliphatic imine (C=N–C) groups is 1. The number of aliphatic carboxylic acids is 1. The van der Waals surface area contributed by atoms with Gasteiger partial charge in [-0.3, -0.25) is 24.4 Å². The van der Waals surface area contributed by atoms with E-state index < -0.39 is 23.8 Å². The average Bonchev–Trinajstić information content (AvgIpc) is 3.25. The quantitative estimate of drug-likeness (QED) is 0.426. The maximum atomic E-state index is 12.4. The van der Waals surface area contributed by atoms with Crippen molar-refractivity contribution in [2.75, 3.05) is 25.0 Å². The summed E-state index contributed by atoms with van der Waals surface area (Å²) in [5.74, 6) is -1.34. The second kappa shape index (κ2) is 10.0. The Balaban J connectivity index is 1.55. The lowest BCUT2D eigenvalue weighted by Gasteiger charge is -2.17. The van der Waals surface area contributed by atoms with Crippen LogP contribution in [0.1, 0.15) is 28.4 Å². The number of nitrogens with one attached hydrogen (secondary N) is 4. The van der Waals surface area contributed by atoms with Gasteiger partial charge in [-0.05, 0) is 29.8 Å². The maximum Gasteiger partial charge on any atom is 0.305 e. The number of amides is 2. The molecule has 10 nitrogen and oxygen atoms in total. The number of rotatable bonds is 8. The molecular weight excluding hydrogens is 388 g/mol. The third-order valence-corrected chi connectivity index (χ3v) is 4.27. The Hall–Kier alpha value is -3.95. The molecule has 1 aromatic carbocycles. The van der Waals surface area contributed by atoms with Crippen molar-refractivity contribution in [2.24, 2.45) is 4.99 Å². The predicted molar refractivity (Wildman–Crippen MR) is 110 cm³/mol. The van der Waals surface area contributed by atoms with E-state index in [4.69, 9.17) is 5.11 Å². The van der Waals surface area contributed by atoms with Crippen molar-refractivity contribution >= 4 is 29.4 Å². The highest BCUT2D eigenvalue weighted by Gasteiger charge is 2.19. The van der Waals surface area contributed by atoms with Gasteiger partial charge in [0, 0.05) is 30.2 Å². The molecule has 0 saturated carbocycles. The molecule has 5 N–H and O–H groups in total. The van der Waals surface area contributed by atoms with Gasteiger partial charge in [0.1, 0.15) is 0 Å². The van der Waals surface area contributed by atoms with Crippen molar-refractivity contribution in [1.29, 1.82) is 0 Å². The zero-order chi connectivity index (χ0) is 21.3. The molecule has 0 spiro atoms. The SMILES string of the molecule is O=C(O)CC(NC(=O)CNC(=O)c1cccc(NC2=NCCN2)c1)c1cccnc1. The number of nitrogens with zero attached hydrogens (tertiary/aromatic N) is 2. The number of hydrogen-bond acceptors (Lipinski definition) is 7. The van der Waals surface area contributed by atoms with E-state index in [9.17, 15) is 14.4 Å². The molecule has 10 heteroatoms. The van der Waals surface area contributed by atoms with E-state index in [0.29, 0.717) is 29.3 Å². The van der Waals surface area contributed by atoms with E-state index in [2.05, 4.69) is 31.2 Å². The van der Waals surface area contributed by atoms with Crippen LogP contribution >= 0.6 is 0 Å². The molecular formula is C20H22N6O4. The summed E-state index contributed by atoms with van der Waals surface area (Å²) in [5, 5.41) is 20.4. The molecule has 0 radical (unpaired) electrons. The number of guanidine groups is 1. The van der Waals surface area contributed by atoms with Crippen LogP contribution in [0, 0.1) is 0 Å². The van der Waals surface area contributed by atoms with Gasteiger partial charge in [0.2, 0.25) is 5.91 Å². The summed E-state index contributed by atoms with van der Waals surface area (Å²) in [7, 11) is 0. The predicted octanol–water partition coefficient (Wildman–Crippen LogP) is 0.515. The van der Waals surface area contributed by atoms with E-state index in [1.807, 2.05) is 0 Å². The first-order valence-corrected chi connectivity index (χ1v) is 9.36. The van der Waals surface area contributed by atoms with Crippen molar-refractivity contribution < 1.29 is 19.5 Å². The summed E-state index contributed by atoms with van der Waals surface area (Å²) in [5.41, 5.74) is 1.64. The first-order valence-electron chi connectivity index (χ1n) is 9.36. The maximum absolute atomic E-state index is 12.4. The number of aromatic nitrogens is 1. The highest BCUT2D eigenvalue weighted by molar-refractivity contribution is 5.99. The Kier molecular flexibility index (Phi) is 6.93. The first kappa shape index (κ1) is 20.8. The van der Waals surface area contributed by atoms with E-state index in [-0.39, 0.29) is 13.0 Å². The minimum atomic E-state index is -1.06. The van der Waals surface area contributed by atoms with Crippen LogP contribution in [0.5, 0.6) is 0 Å². The summed E-state index contributed by atoms with van der Waals surface area (Å²) < 4.78 is 0. The summed E-state index contributed by atoms with van der Waals surface area (Å²) >= 11 is 0. The van der Waals surface area contributed by atoms with Gasteiger partial charge in [0.15, 0.2) is 5.96 Å². The standard InChI is InChI=1S/C20H22N6O4/c27-17(26-16(10-18(28)29)14-4-2-6-21-11-14)12-24-19(30)13-3-1-5-15(9-13)25-20-22-7-8-23-20/h1-6,9,11,16H,7-8,10,12H2,(H,24,30)(H,26,27)(H,28,29)(H2,22,23,25). The normalized spacial score (nSPS) is 13.5. The minimum absolute atomic E-state index is 0.291. The number of carboxylic acid groups (broad SMARTS) is 1. The third kappa shape index (κ3) is 6.03. The molecule has 1 aliphatic rings. The molecule has 2 heterocycles. The molecule has 3 rings (SSSR count). The molecule has 1 unspecified atom stereocenters. The Labute approximate surface area is 172 Å². The van der Waals surface area contributed by atoms with Crippen LogP contribution < -0.4 is 21.3 Å². The van der Waals surface area contributed by atoms with Crippen LogP contribution in [-0.2, 0) is 9.59 Å². The van der Waals surface area contributed by atoms with Gasteiger partial charge in [0.05, 0.1) is 25.6 Å². The molecule has 0 saturated heterocycles. The molecule has 1 aromatic heterocycles. The number of hydrogen-bond donors (Lipinski definition) is 5. The van der Waals surface area contributed by atoms with Crippen molar-refractivity contribution in [2.45, 2.75) is 12.5 Å². The van der Waals surface area contributed by atoms with Gasteiger partial charge >= 0.3 is 5.97 Å². The lowest BCUT2D eigenvalue weighted by Crippen LogP contribution is -2.39. The van der Waals surface area contributed by atoms with Crippen molar-refractivity contribution in [3.8, 4) is 0 Å². The molecule has 0 fully saturated rings. The van der Waals surface area contributed by atoms with Crippen LogP contribution in [0.3, 0.4) is 0 Å². The number of carbonyl (C=O) groups is 3. The largest absolute Gasteiger partial charge is 0.481 e. The molecule has 1 atom stereocenters. The van der Waals surface area contributed by atoms with Crippen LogP contribution in [0.2, 0.25) is 0 Å². The second-order valence-corrected chi connectivity index (χ2v) is 6.55. The Bertz CT molecular complexity index is 947. The van der Waals surface area contributed by atoms with Crippen molar-refractivity contribution in [3.63, 3.8) is 0 Å². The molecule has 156 valence electrons. The minimum Gasteiger partial charge on any atom is -0.481 e. The lowest BCUT2D eigenvalue weighted by atomic mass is 10.1. The zero-order valence-corrected chi connectivity index (χ0v) is 16.1. The number of anilines is 1. The molecule has 2 amide bonds. The number of carbonyl (C=O) groups excluding carboxylic acids is 2. The number of carboxylic acids is 1. The van der Waals surface area contributed by atoms with E-state index in [1.165, 1.54) is 6.20 Å². The fourth-order valence-corrected chi connectivity index (χ4v) is 2.87. The van der Waals surface area contributed by atoms with E-state index in [1.54, 1.807) is 42.6 Å². The van der Waals surface area contributed by atoms with Gasteiger partial charge in [-0.1, -0.05) is 12.1 Å². The Morgan fingerprint density at radius 1 is 1.20 bits per heavy atom. The van der Waals surface area contributed by atoms with Crippen molar-refractivity contribution in [1.82, 2.24) is 20.9 Å². The van der Waals surface area contributed by atoms with Gasteiger partial charge in [-0.15, -0.1) is 0 Å². The Morgan fingerprint density at radius 2 is 2.07 bits per heavy atom. The highest BCUT2D eigenvalue weighted by Crippen LogP contribution is 2.15. The molecule has 2 aromatic rings. The average molecular weight is 410 g/mol. The van der Waals surface area contributed by atoms with Crippen molar-refractivity contribution in [3.05, 3.63) is 59.9 Å². The highest BCUT2D eigenvalue weighted by atomic mass is 16.4. The number of benzene rings is 1. The van der Waals surface area contributed by atoms with E-state index >= 15 is 0 Å². The number of pyridine rings is 1. The molecule has 0 aliphatic carbocycles.